The van der Waals surface area contributed by atoms with Crippen LogP contribution in [0.3, 0.4) is 0 Å². The Morgan fingerprint density at radius 3 is 2.83 bits per heavy atom. The summed E-state index contributed by atoms with van der Waals surface area (Å²) in [5.74, 6) is 2.16. The second kappa shape index (κ2) is 10.3. The molecule has 0 saturated carbocycles. The maximum Gasteiger partial charge on any atom is 0.170 e. The van der Waals surface area contributed by atoms with E-state index in [1.807, 2.05) is 30.0 Å². The van der Waals surface area contributed by atoms with Gasteiger partial charge in [-0.05, 0) is 71.0 Å². The SMILES string of the molecule is Cc1cccc(CSCCCNC(=S)Nc2ccc(Br)c(Cl)c2)c1. The first-order chi connectivity index (χ1) is 11.5. The fourth-order valence-electron chi connectivity index (χ4n) is 2.12. The van der Waals surface area contributed by atoms with Crippen molar-refractivity contribution in [2.24, 2.45) is 0 Å². The molecule has 2 aromatic carbocycles. The summed E-state index contributed by atoms with van der Waals surface area (Å²) >= 11 is 16.7. The molecule has 128 valence electrons. The zero-order valence-corrected chi connectivity index (χ0v) is 17.4. The van der Waals surface area contributed by atoms with E-state index in [9.17, 15) is 0 Å². The minimum absolute atomic E-state index is 0.622. The summed E-state index contributed by atoms with van der Waals surface area (Å²) in [7, 11) is 0. The molecule has 6 heteroatoms. The Kier molecular flexibility index (Phi) is 8.39. The van der Waals surface area contributed by atoms with Gasteiger partial charge in [-0.1, -0.05) is 41.4 Å². The lowest BCUT2D eigenvalue weighted by molar-refractivity contribution is 0.854. The van der Waals surface area contributed by atoms with Gasteiger partial charge in [0.05, 0.1) is 5.02 Å². The van der Waals surface area contributed by atoms with Crippen LogP contribution in [0.4, 0.5) is 5.69 Å². The van der Waals surface area contributed by atoms with E-state index < -0.39 is 0 Å². The molecule has 2 aromatic rings. The van der Waals surface area contributed by atoms with E-state index in [2.05, 4.69) is 57.8 Å². The van der Waals surface area contributed by atoms with Gasteiger partial charge in [0.15, 0.2) is 5.11 Å². The minimum atomic E-state index is 0.622. The molecule has 0 aliphatic carbocycles. The summed E-state index contributed by atoms with van der Waals surface area (Å²) in [5.41, 5.74) is 3.59. The summed E-state index contributed by atoms with van der Waals surface area (Å²) in [6.45, 7) is 2.99. The molecule has 0 aliphatic heterocycles. The van der Waals surface area contributed by atoms with Gasteiger partial charge in [0, 0.05) is 22.5 Å². The highest BCUT2D eigenvalue weighted by Gasteiger charge is 2.01. The zero-order valence-electron chi connectivity index (χ0n) is 13.4. The van der Waals surface area contributed by atoms with Crippen LogP contribution in [-0.4, -0.2) is 17.4 Å². The summed E-state index contributed by atoms with van der Waals surface area (Å²) in [4.78, 5) is 0. The average Bonchev–Trinajstić information content (AvgIpc) is 2.54. The number of hydrogen-bond acceptors (Lipinski definition) is 2. The quantitative estimate of drug-likeness (QED) is 0.403. The standard InChI is InChI=1S/C18H20BrClN2S2/c1-13-4-2-5-14(10-13)12-24-9-3-8-21-18(23)22-15-6-7-16(19)17(20)11-15/h2,4-7,10-11H,3,8-9,12H2,1H3,(H2,21,22,23). The Balaban J connectivity index is 1.60. The van der Waals surface area contributed by atoms with Crippen molar-refractivity contribution in [1.82, 2.24) is 5.32 Å². The van der Waals surface area contributed by atoms with Gasteiger partial charge >= 0.3 is 0 Å². The van der Waals surface area contributed by atoms with Crippen LogP contribution in [0.1, 0.15) is 17.5 Å². The number of benzene rings is 2. The van der Waals surface area contributed by atoms with Crippen molar-refractivity contribution >= 4 is 62.3 Å². The van der Waals surface area contributed by atoms with Crippen molar-refractivity contribution in [1.29, 1.82) is 0 Å². The summed E-state index contributed by atoms with van der Waals surface area (Å²) < 4.78 is 0.874. The number of rotatable bonds is 7. The third-order valence-electron chi connectivity index (χ3n) is 3.28. The van der Waals surface area contributed by atoms with Crippen molar-refractivity contribution in [3.05, 3.63) is 63.1 Å². The maximum atomic E-state index is 6.07. The molecule has 0 amide bonds. The van der Waals surface area contributed by atoms with E-state index in [4.69, 9.17) is 23.8 Å². The topological polar surface area (TPSA) is 24.1 Å². The fourth-order valence-corrected chi connectivity index (χ4v) is 3.67. The van der Waals surface area contributed by atoms with Crippen LogP contribution in [0.25, 0.3) is 0 Å². The average molecular weight is 444 g/mol. The maximum absolute atomic E-state index is 6.07. The number of thiocarbonyl (C=S) groups is 1. The minimum Gasteiger partial charge on any atom is -0.362 e. The van der Waals surface area contributed by atoms with Crippen LogP contribution in [0.2, 0.25) is 5.02 Å². The van der Waals surface area contributed by atoms with Crippen LogP contribution >= 0.6 is 51.5 Å². The molecule has 2 N–H and O–H groups in total. The lowest BCUT2D eigenvalue weighted by Crippen LogP contribution is -2.29. The van der Waals surface area contributed by atoms with Gasteiger partial charge in [-0.3, -0.25) is 0 Å². The van der Waals surface area contributed by atoms with Gasteiger partial charge < -0.3 is 10.6 Å². The van der Waals surface area contributed by atoms with Gasteiger partial charge in [-0.2, -0.15) is 11.8 Å². The summed E-state index contributed by atoms with van der Waals surface area (Å²) in [6.07, 6.45) is 1.07. The molecule has 24 heavy (non-hydrogen) atoms. The van der Waals surface area contributed by atoms with Crippen LogP contribution in [0.5, 0.6) is 0 Å². The molecule has 0 spiro atoms. The van der Waals surface area contributed by atoms with E-state index >= 15 is 0 Å². The molecule has 0 heterocycles. The smallest absolute Gasteiger partial charge is 0.170 e. The highest BCUT2D eigenvalue weighted by molar-refractivity contribution is 9.10. The van der Waals surface area contributed by atoms with Gasteiger partial charge in [0.25, 0.3) is 0 Å². The van der Waals surface area contributed by atoms with Gasteiger partial charge in [0.2, 0.25) is 0 Å². The van der Waals surface area contributed by atoms with E-state index in [1.54, 1.807) is 0 Å². The Bertz CT molecular complexity index is 694. The first kappa shape index (κ1) is 19.6. The molecule has 0 aliphatic rings. The van der Waals surface area contributed by atoms with Gasteiger partial charge in [-0.25, -0.2) is 0 Å². The lowest BCUT2D eigenvalue weighted by atomic mass is 10.2. The fraction of sp³-hybridized carbons (Fsp3) is 0.278. The van der Waals surface area contributed by atoms with Gasteiger partial charge in [0.1, 0.15) is 0 Å². The van der Waals surface area contributed by atoms with Crippen LogP contribution in [0.15, 0.2) is 46.9 Å². The summed E-state index contributed by atoms with van der Waals surface area (Å²) in [5, 5.41) is 7.65. The van der Waals surface area contributed by atoms with Crippen molar-refractivity contribution in [3.63, 3.8) is 0 Å². The number of halogens is 2. The van der Waals surface area contributed by atoms with Crippen molar-refractivity contribution < 1.29 is 0 Å². The monoisotopic (exact) mass is 442 g/mol. The second-order valence-corrected chi connectivity index (χ2v) is 8.18. The van der Waals surface area contributed by atoms with Crippen LogP contribution in [0, 0.1) is 6.92 Å². The number of aryl methyl sites for hydroxylation is 1. The Labute approximate surface area is 166 Å². The molecule has 0 saturated heterocycles. The largest absolute Gasteiger partial charge is 0.362 e. The predicted octanol–water partition coefficient (Wildman–Crippen LogP) is 6.02. The zero-order chi connectivity index (χ0) is 17.4. The third kappa shape index (κ3) is 7.01. The molecule has 2 nitrogen and oxygen atoms in total. The molecule has 0 aromatic heterocycles. The molecule has 0 unspecified atom stereocenters. The van der Waals surface area contributed by atoms with Gasteiger partial charge in [-0.15, -0.1) is 0 Å². The van der Waals surface area contributed by atoms with E-state index in [1.165, 1.54) is 11.1 Å². The van der Waals surface area contributed by atoms with Crippen molar-refractivity contribution in [3.8, 4) is 0 Å². The molecule has 2 rings (SSSR count). The number of nitrogens with one attached hydrogen (secondary N) is 2. The normalized spacial score (nSPS) is 10.5. The molecular weight excluding hydrogens is 424 g/mol. The van der Waals surface area contributed by atoms with Crippen LogP contribution in [-0.2, 0) is 5.75 Å². The molecular formula is C18H20BrClN2S2. The number of thioether (sulfide) groups is 1. The molecule has 0 fully saturated rings. The van der Waals surface area contributed by atoms with E-state index in [-0.39, 0.29) is 0 Å². The van der Waals surface area contributed by atoms with Crippen LogP contribution < -0.4 is 10.6 Å². The van der Waals surface area contributed by atoms with E-state index in [0.717, 1.165) is 34.6 Å². The van der Waals surface area contributed by atoms with E-state index in [0.29, 0.717) is 10.1 Å². The highest BCUT2D eigenvalue weighted by atomic mass is 79.9. The second-order valence-electron chi connectivity index (χ2n) is 5.40. The van der Waals surface area contributed by atoms with Crippen molar-refractivity contribution in [2.75, 3.05) is 17.6 Å². The molecule has 0 atom stereocenters. The first-order valence-corrected chi connectivity index (χ1v) is 10.4. The Morgan fingerprint density at radius 1 is 1.25 bits per heavy atom. The Morgan fingerprint density at radius 2 is 2.08 bits per heavy atom. The number of hydrogen-bond donors (Lipinski definition) is 2. The predicted molar refractivity (Wildman–Crippen MR) is 115 cm³/mol. The first-order valence-electron chi connectivity index (χ1n) is 7.68. The summed E-state index contributed by atoms with van der Waals surface area (Å²) in [6, 6.07) is 14.3. The molecule has 0 radical (unpaired) electrons. The Hall–Kier alpha value is -0.750. The molecule has 0 bridgehead atoms. The lowest BCUT2D eigenvalue weighted by Gasteiger charge is -2.11. The number of anilines is 1. The third-order valence-corrected chi connectivity index (χ3v) is 5.87. The van der Waals surface area contributed by atoms with Crippen molar-refractivity contribution in [2.45, 2.75) is 19.1 Å². The highest BCUT2D eigenvalue weighted by Crippen LogP contribution is 2.25.